The van der Waals surface area contributed by atoms with Gasteiger partial charge in [-0.3, -0.25) is 0 Å². The maximum atomic E-state index is 9.52. The number of nitrogens with zero attached hydrogens (tertiary/aromatic N) is 3. The molecule has 1 heterocycles. The van der Waals surface area contributed by atoms with Gasteiger partial charge < -0.3 is 17.2 Å². The van der Waals surface area contributed by atoms with E-state index in [0.29, 0.717) is 6.16 Å². The highest BCUT2D eigenvalue weighted by Crippen LogP contribution is 2.08. The van der Waals surface area contributed by atoms with Gasteiger partial charge >= 0.3 is 8.03 Å². The van der Waals surface area contributed by atoms with Crippen LogP contribution in [0.15, 0.2) is 0 Å². The monoisotopic (exact) mass is 219 g/mol. The molecule has 1 aromatic heterocycles. The molecule has 0 aliphatic heterocycles. The minimum Gasteiger partial charge on any atom is -0.368 e. The van der Waals surface area contributed by atoms with Crippen molar-refractivity contribution < 1.29 is 9.46 Å². The summed E-state index contributed by atoms with van der Waals surface area (Å²) in [6.07, 6.45) is 0.370. The van der Waals surface area contributed by atoms with E-state index < -0.39 is 8.03 Å². The number of nitrogens with two attached hydrogens (primary N) is 3. The first kappa shape index (κ1) is 12.5. The zero-order valence-electron chi connectivity index (χ0n) is 7.58. The summed E-state index contributed by atoms with van der Waals surface area (Å²) in [5.74, 6) is 0.125. The Kier molecular flexibility index (Phi) is 5.35. The summed E-state index contributed by atoms with van der Waals surface area (Å²) in [7, 11) is -1.85. The van der Waals surface area contributed by atoms with Crippen molar-refractivity contribution in [2.75, 3.05) is 23.4 Å². The third kappa shape index (κ3) is 6.04. The van der Waals surface area contributed by atoms with E-state index in [-0.39, 0.29) is 17.8 Å². The normalized spacial score (nSPS) is 10.0. The van der Waals surface area contributed by atoms with Crippen LogP contribution in [0.25, 0.3) is 0 Å². The number of hydrogen-bond donors (Lipinski definition) is 4. The maximum absolute atomic E-state index is 9.52. The van der Waals surface area contributed by atoms with Crippen LogP contribution >= 0.6 is 8.03 Å². The minimum atomic E-state index is -1.85. The van der Waals surface area contributed by atoms with Gasteiger partial charge in [-0.1, -0.05) is 0 Å². The lowest BCUT2D eigenvalue weighted by Gasteiger charge is -1.93. The van der Waals surface area contributed by atoms with E-state index in [9.17, 15) is 4.57 Å². The van der Waals surface area contributed by atoms with Gasteiger partial charge in [-0.2, -0.15) is 19.8 Å². The fourth-order valence-corrected chi connectivity index (χ4v) is 0.427. The van der Waals surface area contributed by atoms with Crippen LogP contribution in [0.4, 0.5) is 17.8 Å². The van der Waals surface area contributed by atoms with Gasteiger partial charge in [0.2, 0.25) is 17.8 Å². The van der Waals surface area contributed by atoms with Crippen molar-refractivity contribution in [1.82, 2.24) is 15.0 Å². The molecule has 9 heteroatoms. The maximum Gasteiger partial charge on any atom is 0.505 e. The third-order valence-corrected chi connectivity index (χ3v) is 1.50. The van der Waals surface area contributed by atoms with Crippen molar-refractivity contribution in [3.05, 3.63) is 0 Å². The molecule has 0 fully saturated rings. The predicted octanol–water partition coefficient (Wildman–Crippen LogP) is -0.641. The van der Waals surface area contributed by atoms with E-state index in [1.807, 2.05) is 0 Å². The molecule has 1 atom stereocenters. The SMILES string of the molecule is CC[P+](=O)O.Nc1nc(N)nc(N)n1. The van der Waals surface area contributed by atoms with Gasteiger partial charge in [0.15, 0.2) is 6.16 Å². The molecule has 0 aliphatic rings. The van der Waals surface area contributed by atoms with Crippen LogP contribution in [0.5, 0.6) is 0 Å². The van der Waals surface area contributed by atoms with Gasteiger partial charge in [0.25, 0.3) is 0 Å². The van der Waals surface area contributed by atoms with Crippen molar-refractivity contribution in [3.63, 3.8) is 0 Å². The van der Waals surface area contributed by atoms with E-state index >= 15 is 0 Å². The zero-order chi connectivity index (χ0) is 11.1. The Labute approximate surface area is 81.4 Å². The highest BCUT2D eigenvalue weighted by atomic mass is 31.1. The lowest BCUT2D eigenvalue weighted by Crippen LogP contribution is -2.05. The molecule has 1 rings (SSSR count). The summed E-state index contributed by atoms with van der Waals surface area (Å²) in [6.45, 7) is 1.67. The van der Waals surface area contributed by atoms with Crippen LogP contribution in [0.2, 0.25) is 0 Å². The summed E-state index contributed by atoms with van der Waals surface area (Å²) >= 11 is 0. The summed E-state index contributed by atoms with van der Waals surface area (Å²) in [5, 5.41) is 0. The second kappa shape index (κ2) is 6.01. The van der Waals surface area contributed by atoms with Crippen molar-refractivity contribution in [2.45, 2.75) is 6.92 Å². The van der Waals surface area contributed by atoms with E-state index in [1.165, 1.54) is 0 Å². The first-order valence-corrected chi connectivity index (χ1v) is 5.01. The predicted molar refractivity (Wildman–Crippen MR) is 53.4 cm³/mol. The van der Waals surface area contributed by atoms with Crippen molar-refractivity contribution in [3.8, 4) is 0 Å². The number of hydrogen-bond acceptors (Lipinski definition) is 7. The standard InChI is InChI=1S/C3H6N6.C2H5O2P/c4-1-7-2(5)9-3(6)8-1;1-2-5(3)4/h(H6,4,5,6,7,8,9);2H2,1H3/p+1. The molecule has 14 heavy (non-hydrogen) atoms. The van der Waals surface area contributed by atoms with Crippen LogP contribution in [-0.4, -0.2) is 26.0 Å². The van der Waals surface area contributed by atoms with Gasteiger partial charge in [0.05, 0.1) is 0 Å². The van der Waals surface area contributed by atoms with Crippen molar-refractivity contribution >= 4 is 25.9 Å². The van der Waals surface area contributed by atoms with E-state index in [0.717, 1.165) is 0 Å². The lowest BCUT2D eigenvalue weighted by atomic mass is 10.9. The third-order valence-electron chi connectivity index (χ3n) is 0.958. The van der Waals surface area contributed by atoms with Gasteiger partial charge in [-0.15, -0.1) is 0 Å². The van der Waals surface area contributed by atoms with Gasteiger partial charge in [-0.05, 0) is 11.5 Å². The highest BCUT2D eigenvalue weighted by molar-refractivity contribution is 7.37. The zero-order valence-corrected chi connectivity index (χ0v) is 8.48. The van der Waals surface area contributed by atoms with Crippen molar-refractivity contribution in [1.29, 1.82) is 0 Å². The first-order valence-electron chi connectivity index (χ1n) is 3.61. The van der Waals surface area contributed by atoms with Crippen molar-refractivity contribution in [2.24, 2.45) is 0 Å². The molecule has 78 valence electrons. The Morgan fingerprint density at radius 3 is 1.50 bits per heavy atom. The molecule has 0 amide bonds. The molecule has 7 N–H and O–H groups in total. The van der Waals surface area contributed by atoms with Crippen LogP contribution in [-0.2, 0) is 4.57 Å². The second-order valence-corrected chi connectivity index (χ2v) is 3.42. The second-order valence-electron chi connectivity index (χ2n) is 2.08. The van der Waals surface area contributed by atoms with Crippen LogP contribution in [0, 0.1) is 0 Å². The molecule has 1 aromatic rings. The Morgan fingerprint density at radius 2 is 1.36 bits per heavy atom. The molecule has 0 aromatic carbocycles. The van der Waals surface area contributed by atoms with Gasteiger partial charge in [0, 0.05) is 0 Å². The van der Waals surface area contributed by atoms with Crippen LogP contribution in [0.3, 0.4) is 0 Å². The number of anilines is 3. The molecule has 0 aliphatic carbocycles. The molecule has 1 unspecified atom stereocenters. The average Bonchev–Trinajstić information content (AvgIpc) is 2.02. The molecule has 0 saturated carbocycles. The topological polar surface area (TPSA) is 154 Å². The summed E-state index contributed by atoms with van der Waals surface area (Å²) in [6, 6.07) is 0. The summed E-state index contributed by atoms with van der Waals surface area (Å²) in [4.78, 5) is 18.3. The fourth-order valence-electron chi connectivity index (χ4n) is 0.427. The molecule has 8 nitrogen and oxygen atoms in total. The Bertz CT molecular complexity index is 269. The smallest absolute Gasteiger partial charge is 0.368 e. The Morgan fingerprint density at radius 1 is 1.14 bits per heavy atom. The molecule has 0 saturated heterocycles. The van der Waals surface area contributed by atoms with E-state index in [2.05, 4.69) is 15.0 Å². The van der Waals surface area contributed by atoms with Gasteiger partial charge in [-0.25, -0.2) is 0 Å². The molecule has 0 spiro atoms. The Balaban J connectivity index is 0.000000292. The average molecular weight is 219 g/mol. The quantitative estimate of drug-likeness (QED) is 0.454. The minimum absolute atomic E-state index is 0.0417. The van der Waals surface area contributed by atoms with Crippen LogP contribution < -0.4 is 17.2 Å². The molecule has 0 radical (unpaired) electrons. The highest BCUT2D eigenvalue weighted by Gasteiger charge is 1.99. The summed E-state index contributed by atoms with van der Waals surface area (Å²) < 4.78 is 9.52. The first-order chi connectivity index (χ1) is 6.45. The molecular formula is C5H12N6O2P+. The van der Waals surface area contributed by atoms with E-state index in [4.69, 9.17) is 22.1 Å². The number of nitrogen functional groups attached to an aromatic ring is 3. The van der Waals surface area contributed by atoms with E-state index in [1.54, 1.807) is 6.92 Å². The fraction of sp³-hybridized carbons (Fsp3) is 0.400. The van der Waals surface area contributed by atoms with Crippen LogP contribution in [0.1, 0.15) is 6.92 Å². The number of rotatable bonds is 1. The summed E-state index contributed by atoms with van der Waals surface area (Å²) in [5.41, 5.74) is 15.4. The lowest BCUT2D eigenvalue weighted by molar-refractivity contribution is 0.504. The Hall–Kier alpha value is -1.53. The molecular weight excluding hydrogens is 207 g/mol. The molecule has 0 bridgehead atoms. The van der Waals surface area contributed by atoms with Gasteiger partial charge in [0.1, 0.15) is 0 Å². The largest absolute Gasteiger partial charge is 0.505 e. The number of aromatic nitrogens is 3.